The van der Waals surface area contributed by atoms with Gasteiger partial charge in [-0.05, 0) is 60.6 Å². The third kappa shape index (κ3) is 6.24. The molecule has 208 valence electrons. The van der Waals surface area contributed by atoms with E-state index in [1.165, 1.54) is 7.11 Å². The highest BCUT2D eigenvalue weighted by Crippen LogP contribution is 2.36. The van der Waals surface area contributed by atoms with E-state index in [9.17, 15) is 4.79 Å². The first-order valence-corrected chi connectivity index (χ1v) is 14.1. The Morgan fingerprint density at radius 2 is 1.51 bits per heavy atom. The van der Waals surface area contributed by atoms with Gasteiger partial charge in [0.2, 0.25) is 11.8 Å². The average molecular weight is 548 g/mol. The second-order valence-electron chi connectivity index (χ2n) is 10.5. The third-order valence-corrected chi connectivity index (χ3v) is 7.72. The maximum atomic E-state index is 11.9. The number of benzene rings is 3. The van der Waals surface area contributed by atoms with Crippen LogP contribution in [0.5, 0.6) is 11.8 Å². The highest BCUT2D eigenvalue weighted by atomic mass is 16.5. The van der Waals surface area contributed by atoms with Gasteiger partial charge in [-0.3, -0.25) is 9.48 Å². The third-order valence-electron chi connectivity index (χ3n) is 7.72. The Labute approximate surface area is 239 Å². The molecule has 3 aromatic carbocycles. The summed E-state index contributed by atoms with van der Waals surface area (Å²) in [4.78, 5) is 16.7. The van der Waals surface area contributed by atoms with E-state index in [-0.39, 0.29) is 17.9 Å². The van der Waals surface area contributed by atoms with Crippen LogP contribution in [0.25, 0.3) is 22.0 Å². The zero-order chi connectivity index (χ0) is 28.0. The summed E-state index contributed by atoms with van der Waals surface area (Å²) in [5, 5.41) is 5.91. The number of carbonyl (C=O) groups is 1. The summed E-state index contributed by atoms with van der Waals surface area (Å²) in [5.41, 5.74) is 4.96. The molecule has 7 nitrogen and oxygen atoms in total. The molecule has 0 saturated heterocycles. The number of esters is 1. The molecule has 41 heavy (non-hydrogen) atoms. The summed E-state index contributed by atoms with van der Waals surface area (Å²) in [6.07, 6.45) is 5.58. The molecule has 7 heteroatoms. The zero-order valence-corrected chi connectivity index (χ0v) is 23.1. The molecule has 0 bridgehead atoms. The number of carbonyl (C=O) groups excluding carboxylic acids is 1. The fraction of sp³-hybridized carbons (Fsp3) is 0.265. The number of aromatic nitrogens is 3. The van der Waals surface area contributed by atoms with E-state index in [1.54, 1.807) is 0 Å². The van der Waals surface area contributed by atoms with E-state index in [0.717, 1.165) is 58.8 Å². The average Bonchev–Trinajstić information content (AvgIpc) is 3.47. The number of pyridine rings is 1. The van der Waals surface area contributed by atoms with E-state index >= 15 is 0 Å². The molecule has 2 aromatic heterocycles. The predicted molar refractivity (Wildman–Crippen MR) is 158 cm³/mol. The number of rotatable bonds is 9. The summed E-state index contributed by atoms with van der Waals surface area (Å²) in [7, 11) is 1.46. The van der Waals surface area contributed by atoms with Crippen LogP contribution < -0.4 is 9.47 Å². The Hall–Kier alpha value is -4.65. The van der Waals surface area contributed by atoms with Crippen molar-refractivity contribution in [3.63, 3.8) is 0 Å². The molecule has 1 saturated carbocycles. The second kappa shape index (κ2) is 12.3. The lowest BCUT2D eigenvalue weighted by atomic mass is 9.86. The number of hydrogen-bond acceptors (Lipinski definition) is 6. The Kier molecular flexibility index (Phi) is 7.94. The molecule has 5 aromatic rings. The Morgan fingerprint density at radius 3 is 2.20 bits per heavy atom. The molecule has 1 fully saturated rings. The summed E-state index contributed by atoms with van der Waals surface area (Å²) in [6.45, 7) is 0.829. The van der Waals surface area contributed by atoms with Gasteiger partial charge in [0.1, 0.15) is 13.2 Å². The van der Waals surface area contributed by atoms with E-state index < -0.39 is 0 Å². The van der Waals surface area contributed by atoms with Crippen molar-refractivity contribution in [2.45, 2.75) is 44.9 Å². The first-order valence-electron chi connectivity index (χ1n) is 14.1. The maximum absolute atomic E-state index is 11.9. The first kappa shape index (κ1) is 26.6. The Bertz CT molecular complexity index is 1610. The van der Waals surface area contributed by atoms with Gasteiger partial charge >= 0.3 is 5.97 Å². The minimum atomic E-state index is -0.103. The number of nitrogens with zero attached hydrogens (tertiary/aromatic N) is 3. The van der Waals surface area contributed by atoms with Gasteiger partial charge in [-0.1, -0.05) is 66.7 Å². The van der Waals surface area contributed by atoms with Crippen LogP contribution in [0.1, 0.15) is 42.9 Å². The molecular formula is C34H33N3O4. The lowest BCUT2D eigenvalue weighted by molar-refractivity contribution is -0.146. The molecule has 0 N–H and O–H groups in total. The zero-order valence-electron chi connectivity index (χ0n) is 23.1. The van der Waals surface area contributed by atoms with Gasteiger partial charge in [-0.2, -0.15) is 10.1 Å². The van der Waals surface area contributed by atoms with Crippen molar-refractivity contribution in [2.24, 2.45) is 5.92 Å². The molecule has 0 spiro atoms. The predicted octanol–water partition coefficient (Wildman–Crippen LogP) is 7.16. The van der Waals surface area contributed by atoms with E-state index in [4.69, 9.17) is 24.3 Å². The van der Waals surface area contributed by atoms with Crippen LogP contribution in [-0.2, 0) is 22.7 Å². The van der Waals surface area contributed by atoms with Crippen LogP contribution in [0, 0.1) is 5.92 Å². The van der Waals surface area contributed by atoms with Crippen molar-refractivity contribution in [1.82, 2.24) is 14.8 Å². The Balaban J connectivity index is 1.24. The smallest absolute Gasteiger partial charge is 0.308 e. The van der Waals surface area contributed by atoms with Crippen molar-refractivity contribution >= 4 is 16.9 Å². The van der Waals surface area contributed by atoms with Crippen molar-refractivity contribution in [3.8, 4) is 22.9 Å². The summed E-state index contributed by atoms with van der Waals surface area (Å²) in [5.74, 6) is 0.924. The van der Waals surface area contributed by atoms with Gasteiger partial charge in [0.05, 0.1) is 24.6 Å². The van der Waals surface area contributed by atoms with Gasteiger partial charge in [-0.25, -0.2) is 0 Å². The summed E-state index contributed by atoms with van der Waals surface area (Å²) in [6, 6.07) is 30.5. The van der Waals surface area contributed by atoms with E-state index in [1.807, 2.05) is 78.9 Å². The van der Waals surface area contributed by atoms with Crippen molar-refractivity contribution < 1.29 is 19.0 Å². The molecule has 1 aliphatic rings. The van der Waals surface area contributed by atoms with Gasteiger partial charge in [0.15, 0.2) is 0 Å². The lowest BCUT2D eigenvalue weighted by Gasteiger charge is -2.26. The summed E-state index contributed by atoms with van der Waals surface area (Å²) >= 11 is 0. The second-order valence-corrected chi connectivity index (χ2v) is 10.5. The van der Waals surface area contributed by atoms with Crippen molar-refractivity contribution in [2.75, 3.05) is 7.11 Å². The van der Waals surface area contributed by atoms with Crippen molar-refractivity contribution in [1.29, 1.82) is 0 Å². The molecule has 2 heterocycles. The molecule has 1 aliphatic carbocycles. The fourth-order valence-corrected chi connectivity index (χ4v) is 5.43. The largest absolute Gasteiger partial charge is 0.473 e. The molecule has 0 amide bonds. The van der Waals surface area contributed by atoms with E-state index in [0.29, 0.717) is 25.0 Å². The van der Waals surface area contributed by atoms with Crippen LogP contribution in [0.3, 0.4) is 0 Å². The number of methoxy groups -OCH3 is 1. The van der Waals surface area contributed by atoms with Crippen LogP contribution in [0.4, 0.5) is 0 Å². The highest BCUT2D eigenvalue weighted by Gasteiger charge is 2.28. The highest BCUT2D eigenvalue weighted by molar-refractivity contribution is 5.85. The van der Waals surface area contributed by atoms with E-state index in [2.05, 4.69) is 23.0 Å². The van der Waals surface area contributed by atoms with Crippen LogP contribution >= 0.6 is 0 Å². The minimum Gasteiger partial charge on any atom is -0.473 e. The SMILES string of the molecule is COC(=O)[C@H]1CC[C@H](n2cc3cc(-c4ccc(OCc5ccccc5)nc4OCc4ccccc4)ccc3n2)CC1. The van der Waals surface area contributed by atoms with Gasteiger partial charge in [0, 0.05) is 23.2 Å². The van der Waals surface area contributed by atoms with Crippen LogP contribution in [0.15, 0.2) is 97.2 Å². The fourth-order valence-electron chi connectivity index (χ4n) is 5.43. The number of hydrogen-bond donors (Lipinski definition) is 0. The number of ether oxygens (including phenoxy) is 3. The minimum absolute atomic E-state index is 0.00529. The van der Waals surface area contributed by atoms with Crippen LogP contribution in [0.2, 0.25) is 0 Å². The Morgan fingerprint density at radius 1 is 0.829 bits per heavy atom. The maximum Gasteiger partial charge on any atom is 0.308 e. The molecule has 0 radical (unpaired) electrons. The lowest BCUT2D eigenvalue weighted by Crippen LogP contribution is -2.24. The normalized spacial score (nSPS) is 16.8. The van der Waals surface area contributed by atoms with Gasteiger partial charge < -0.3 is 14.2 Å². The first-order chi connectivity index (χ1) is 20.2. The van der Waals surface area contributed by atoms with Crippen molar-refractivity contribution in [3.05, 3.63) is 108 Å². The standard InChI is InChI=1S/C34H33N3O4/c1-39-34(38)26-12-15-29(16-13-26)37-21-28-20-27(14-18-31(28)36-37)30-17-19-32(40-22-24-8-4-2-5-9-24)35-33(30)41-23-25-10-6-3-7-11-25/h2-11,14,17-21,26,29H,12-13,15-16,22-23H2,1H3/t26-,29-. The topological polar surface area (TPSA) is 75.5 Å². The molecular weight excluding hydrogens is 514 g/mol. The van der Waals surface area contributed by atoms with Gasteiger partial charge in [-0.15, -0.1) is 0 Å². The quantitative estimate of drug-likeness (QED) is 0.182. The monoisotopic (exact) mass is 547 g/mol. The van der Waals surface area contributed by atoms with Crippen LogP contribution in [-0.4, -0.2) is 27.8 Å². The molecule has 0 atom stereocenters. The summed E-state index contributed by atoms with van der Waals surface area (Å²) < 4.78 is 19.3. The molecule has 6 rings (SSSR count). The van der Waals surface area contributed by atoms with Gasteiger partial charge in [0.25, 0.3) is 0 Å². The number of fused-ring (bicyclic) bond motifs is 1. The molecule has 0 unspecified atom stereocenters. The molecule has 0 aliphatic heterocycles.